The summed E-state index contributed by atoms with van der Waals surface area (Å²) in [6.45, 7) is 1.95. The molecule has 0 aromatic heterocycles. The van der Waals surface area contributed by atoms with Crippen molar-refractivity contribution in [2.24, 2.45) is 0 Å². The van der Waals surface area contributed by atoms with Crippen LogP contribution in [0.5, 0.6) is 11.5 Å². The van der Waals surface area contributed by atoms with Crippen LogP contribution in [-0.2, 0) is 20.9 Å². The highest BCUT2D eigenvalue weighted by molar-refractivity contribution is 6.15. The van der Waals surface area contributed by atoms with Gasteiger partial charge in [0, 0.05) is 0 Å². The third-order valence-corrected chi connectivity index (χ3v) is 4.36. The molecular weight excluding hydrogens is 407 g/mol. The van der Waals surface area contributed by atoms with Crippen molar-refractivity contribution in [1.29, 1.82) is 0 Å². The molecule has 0 radical (unpaired) electrons. The number of halogens is 1. The Bertz CT molecular complexity index is 1020. The quantitative estimate of drug-likeness (QED) is 0.395. The molecule has 31 heavy (non-hydrogen) atoms. The Morgan fingerprint density at radius 3 is 2.52 bits per heavy atom. The van der Waals surface area contributed by atoms with Crippen LogP contribution in [0.2, 0.25) is 0 Å². The number of imide groups is 1. The molecule has 1 heterocycles. The van der Waals surface area contributed by atoms with Gasteiger partial charge in [0.1, 0.15) is 24.7 Å². The number of urea groups is 1. The van der Waals surface area contributed by atoms with Gasteiger partial charge in [-0.15, -0.1) is 0 Å². The van der Waals surface area contributed by atoms with Gasteiger partial charge in [-0.05, 0) is 48.4 Å². The summed E-state index contributed by atoms with van der Waals surface area (Å²) >= 11 is 0. The summed E-state index contributed by atoms with van der Waals surface area (Å²) in [6.07, 6.45) is 1.48. The lowest BCUT2D eigenvalue weighted by molar-refractivity contribution is -0.143. The molecule has 0 spiro atoms. The van der Waals surface area contributed by atoms with Crippen molar-refractivity contribution < 1.29 is 33.0 Å². The number of amides is 3. The van der Waals surface area contributed by atoms with Crippen molar-refractivity contribution in [3.05, 3.63) is 65.1 Å². The Kier molecular flexibility index (Phi) is 6.86. The van der Waals surface area contributed by atoms with Crippen LogP contribution in [0.1, 0.15) is 18.1 Å². The maximum atomic E-state index is 13.0. The van der Waals surface area contributed by atoms with E-state index < -0.39 is 24.5 Å². The Hall–Kier alpha value is -3.88. The molecule has 1 aliphatic heterocycles. The minimum absolute atomic E-state index is 0.0244. The number of hydrogen-bond acceptors (Lipinski definition) is 6. The number of rotatable bonds is 8. The maximum Gasteiger partial charge on any atom is 0.329 e. The molecule has 8 nitrogen and oxygen atoms in total. The van der Waals surface area contributed by atoms with E-state index in [1.54, 1.807) is 30.3 Å². The van der Waals surface area contributed by atoms with Gasteiger partial charge in [0.2, 0.25) is 0 Å². The zero-order valence-corrected chi connectivity index (χ0v) is 17.0. The molecule has 1 saturated heterocycles. The predicted octanol–water partition coefficient (Wildman–Crippen LogP) is 2.87. The van der Waals surface area contributed by atoms with E-state index in [1.807, 2.05) is 6.92 Å². The van der Waals surface area contributed by atoms with Gasteiger partial charge in [0.25, 0.3) is 5.91 Å². The number of benzene rings is 2. The van der Waals surface area contributed by atoms with Gasteiger partial charge >= 0.3 is 12.0 Å². The lowest BCUT2D eigenvalue weighted by Crippen LogP contribution is -2.36. The molecular formula is C22H21FN2O6. The van der Waals surface area contributed by atoms with E-state index in [2.05, 4.69) is 10.1 Å². The zero-order chi connectivity index (χ0) is 22.4. The molecule has 0 atom stereocenters. The largest absolute Gasteiger partial charge is 0.490 e. The molecule has 2 aromatic carbocycles. The SMILES string of the molecule is CCOc1cc(/C=C2/NC(=O)N(CC(=O)OC)C2=O)ccc1OCc1ccc(F)cc1. The Morgan fingerprint density at radius 1 is 1.10 bits per heavy atom. The number of carbonyl (C=O) groups excluding carboxylic acids is 3. The van der Waals surface area contributed by atoms with Crippen LogP contribution >= 0.6 is 0 Å². The number of nitrogens with one attached hydrogen (secondary N) is 1. The van der Waals surface area contributed by atoms with Crippen molar-refractivity contribution in [3.63, 3.8) is 0 Å². The van der Waals surface area contributed by atoms with E-state index in [0.29, 0.717) is 23.7 Å². The lowest BCUT2D eigenvalue weighted by atomic mass is 10.1. The third-order valence-electron chi connectivity index (χ3n) is 4.36. The summed E-state index contributed by atoms with van der Waals surface area (Å²) in [4.78, 5) is 36.6. The molecule has 0 aliphatic carbocycles. The van der Waals surface area contributed by atoms with Gasteiger partial charge in [-0.25, -0.2) is 14.1 Å². The van der Waals surface area contributed by atoms with Gasteiger partial charge in [0.15, 0.2) is 11.5 Å². The summed E-state index contributed by atoms with van der Waals surface area (Å²) < 4.78 is 29.0. The fraction of sp³-hybridized carbons (Fsp3) is 0.227. The molecule has 0 unspecified atom stereocenters. The first kappa shape index (κ1) is 21.8. The number of ether oxygens (including phenoxy) is 3. The molecule has 1 aliphatic rings. The van der Waals surface area contributed by atoms with E-state index >= 15 is 0 Å². The van der Waals surface area contributed by atoms with Crippen LogP contribution in [0.3, 0.4) is 0 Å². The number of hydrogen-bond donors (Lipinski definition) is 1. The average Bonchev–Trinajstić information content (AvgIpc) is 3.01. The smallest absolute Gasteiger partial charge is 0.329 e. The lowest BCUT2D eigenvalue weighted by Gasteiger charge is -2.13. The summed E-state index contributed by atoms with van der Waals surface area (Å²) in [5, 5.41) is 2.44. The first-order valence-electron chi connectivity index (χ1n) is 9.46. The van der Waals surface area contributed by atoms with Crippen LogP contribution < -0.4 is 14.8 Å². The van der Waals surface area contributed by atoms with Crippen LogP contribution in [0, 0.1) is 5.82 Å². The van der Waals surface area contributed by atoms with E-state index in [1.165, 1.54) is 25.3 Å². The summed E-state index contributed by atoms with van der Waals surface area (Å²) in [5.74, 6) is -0.740. The Morgan fingerprint density at radius 2 is 1.84 bits per heavy atom. The van der Waals surface area contributed by atoms with Crippen molar-refractivity contribution in [1.82, 2.24) is 10.2 Å². The van der Waals surface area contributed by atoms with Gasteiger partial charge in [-0.3, -0.25) is 9.59 Å². The van der Waals surface area contributed by atoms with Crippen molar-refractivity contribution in [3.8, 4) is 11.5 Å². The minimum Gasteiger partial charge on any atom is -0.490 e. The van der Waals surface area contributed by atoms with Crippen molar-refractivity contribution in [2.75, 3.05) is 20.3 Å². The van der Waals surface area contributed by atoms with E-state index in [9.17, 15) is 18.8 Å². The first-order chi connectivity index (χ1) is 14.9. The van der Waals surface area contributed by atoms with Gasteiger partial charge in [0.05, 0.1) is 13.7 Å². The normalized spacial score (nSPS) is 14.5. The fourth-order valence-corrected chi connectivity index (χ4v) is 2.82. The summed E-state index contributed by atoms with van der Waals surface area (Å²) in [5.41, 5.74) is 1.40. The Labute approximate surface area is 178 Å². The molecule has 1 fully saturated rings. The molecule has 162 valence electrons. The number of nitrogens with zero attached hydrogens (tertiary/aromatic N) is 1. The Balaban J connectivity index is 1.77. The van der Waals surface area contributed by atoms with E-state index in [4.69, 9.17) is 9.47 Å². The molecule has 0 saturated carbocycles. The molecule has 2 aromatic rings. The van der Waals surface area contributed by atoms with Crippen LogP contribution in [0.25, 0.3) is 6.08 Å². The topological polar surface area (TPSA) is 94.2 Å². The molecule has 3 rings (SSSR count). The molecule has 1 N–H and O–H groups in total. The number of carbonyl (C=O) groups is 3. The maximum absolute atomic E-state index is 13.0. The summed E-state index contributed by atoms with van der Waals surface area (Å²) in [7, 11) is 1.17. The zero-order valence-electron chi connectivity index (χ0n) is 17.0. The second-order valence-electron chi connectivity index (χ2n) is 6.51. The highest BCUT2D eigenvalue weighted by Gasteiger charge is 2.35. The molecule has 3 amide bonds. The van der Waals surface area contributed by atoms with Crippen LogP contribution in [-0.4, -0.2) is 43.1 Å². The van der Waals surface area contributed by atoms with Crippen LogP contribution in [0.15, 0.2) is 48.2 Å². The fourth-order valence-electron chi connectivity index (χ4n) is 2.82. The molecule has 0 bridgehead atoms. The van der Waals surface area contributed by atoms with Gasteiger partial charge in [-0.1, -0.05) is 18.2 Å². The second-order valence-corrected chi connectivity index (χ2v) is 6.51. The monoisotopic (exact) mass is 428 g/mol. The van der Waals surface area contributed by atoms with E-state index in [0.717, 1.165) is 10.5 Å². The van der Waals surface area contributed by atoms with E-state index in [-0.39, 0.29) is 18.1 Å². The number of esters is 1. The second kappa shape index (κ2) is 9.75. The number of methoxy groups -OCH3 is 1. The summed E-state index contributed by atoms with van der Waals surface area (Å²) in [6, 6.07) is 10.3. The van der Waals surface area contributed by atoms with Crippen molar-refractivity contribution in [2.45, 2.75) is 13.5 Å². The predicted molar refractivity (Wildman–Crippen MR) is 109 cm³/mol. The standard InChI is InChI=1S/C22H21FN2O6/c1-3-30-19-11-15(6-9-18(19)31-13-14-4-7-16(23)8-5-14)10-17-21(27)25(22(28)24-17)12-20(26)29-2/h4-11H,3,12-13H2,1-2H3,(H,24,28)/b17-10+. The average molecular weight is 428 g/mol. The molecule has 9 heteroatoms. The van der Waals surface area contributed by atoms with Crippen LogP contribution in [0.4, 0.5) is 9.18 Å². The van der Waals surface area contributed by atoms with Gasteiger partial charge < -0.3 is 19.5 Å². The minimum atomic E-state index is -0.703. The highest BCUT2D eigenvalue weighted by Crippen LogP contribution is 2.30. The third kappa shape index (κ3) is 5.39. The van der Waals surface area contributed by atoms with Crippen molar-refractivity contribution >= 4 is 24.0 Å². The highest BCUT2D eigenvalue weighted by atomic mass is 19.1. The first-order valence-corrected chi connectivity index (χ1v) is 9.46. The van der Waals surface area contributed by atoms with Gasteiger partial charge in [-0.2, -0.15) is 0 Å².